The predicted molar refractivity (Wildman–Crippen MR) is 92.6 cm³/mol. The van der Waals surface area contributed by atoms with Crippen molar-refractivity contribution in [2.24, 2.45) is 5.73 Å². The number of nitrogens with zero attached hydrogens (tertiary/aromatic N) is 1. The highest BCUT2D eigenvalue weighted by Crippen LogP contribution is 2.37. The second-order valence-corrected chi connectivity index (χ2v) is 7.41. The average molecular weight is 312 g/mol. The van der Waals surface area contributed by atoms with Crippen molar-refractivity contribution in [2.75, 3.05) is 6.54 Å². The molecule has 23 heavy (non-hydrogen) atoms. The molecule has 1 heterocycles. The van der Waals surface area contributed by atoms with Gasteiger partial charge < -0.3 is 5.73 Å². The van der Waals surface area contributed by atoms with Crippen LogP contribution in [0.25, 0.3) is 0 Å². The highest BCUT2D eigenvalue weighted by Gasteiger charge is 2.30. The Balaban J connectivity index is 1.90. The summed E-state index contributed by atoms with van der Waals surface area (Å²) < 4.78 is 14.0. The Kier molecular flexibility index (Phi) is 4.26. The van der Waals surface area contributed by atoms with Crippen molar-refractivity contribution < 1.29 is 4.39 Å². The molecule has 0 aliphatic carbocycles. The first-order valence-electron chi connectivity index (χ1n) is 8.21. The maximum absolute atomic E-state index is 14.0. The summed E-state index contributed by atoms with van der Waals surface area (Å²) in [5.41, 5.74) is 10.8. The van der Waals surface area contributed by atoms with Gasteiger partial charge in [-0.3, -0.25) is 4.90 Å². The van der Waals surface area contributed by atoms with E-state index in [0.29, 0.717) is 13.1 Å². The molecule has 0 radical (unpaired) electrons. The molecular weight excluding hydrogens is 287 g/mol. The van der Waals surface area contributed by atoms with Crippen LogP contribution in [0, 0.1) is 5.82 Å². The molecule has 3 heteroatoms. The van der Waals surface area contributed by atoms with Crippen LogP contribution in [0.2, 0.25) is 0 Å². The number of nitrogens with two attached hydrogens (primary N) is 1. The minimum absolute atomic E-state index is 0.118. The van der Waals surface area contributed by atoms with Crippen molar-refractivity contribution in [1.82, 2.24) is 4.90 Å². The van der Waals surface area contributed by atoms with Crippen LogP contribution < -0.4 is 5.73 Å². The summed E-state index contributed by atoms with van der Waals surface area (Å²) >= 11 is 0. The predicted octanol–water partition coefficient (Wildman–Crippen LogP) is 4.14. The molecule has 1 atom stereocenters. The minimum Gasteiger partial charge on any atom is -0.329 e. The molecule has 2 nitrogen and oxygen atoms in total. The number of benzene rings is 2. The van der Waals surface area contributed by atoms with Gasteiger partial charge in [-0.15, -0.1) is 0 Å². The van der Waals surface area contributed by atoms with Gasteiger partial charge in [-0.25, -0.2) is 4.39 Å². The summed E-state index contributed by atoms with van der Waals surface area (Å²) in [6.07, 6.45) is 0. The minimum atomic E-state index is -0.144. The van der Waals surface area contributed by atoms with Crippen LogP contribution in [0.4, 0.5) is 4.39 Å². The van der Waals surface area contributed by atoms with Crippen molar-refractivity contribution in [1.29, 1.82) is 0 Å². The lowest BCUT2D eigenvalue weighted by atomic mass is 9.85. The second-order valence-electron chi connectivity index (χ2n) is 7.41. The molecule has 1 aliphatic rings. The molecule has 0 bridgehead atoms. The Hall–Kier alpha value is -1.71. The van der Waals surface area contributed by atoms with Gasteiger partial charge in [0.15, 0.2) is 0 Å². The van der Waals surface area contributed by atoms with Gasteiger partial charge >= 0.3 is 0 Å². The lowest BCUT2D eigenvalue weighted by molar-refractivity contribution is 0.208. The van der Waals surface area contributed by atoms with E-state index < -0.39 is 0 Å². The van der Waals surface area contributed by atoms with Crippen LogP contribution in [0.3, 0.4) is 0 Å². The monoisotopic (exact) mass is 312 g/mol. The Morgan fingerprint density at radius 3 is 2.57 bits per heavy atom. The highest BCUT2D eigenvalue weighted by molar-refractivity contribution is 5.40. The van der Waals surface area contributed by atoms with Crippen molar-refractivity contribution in [2.45, 2.75) is 45.3 Å². The van der Waals surface area contributed by atoms with Crippen LogP contribution in [-0.2, 0) is 18.5 Å². The lowest BCUT2D eigenvalue weighted by Crippen LogP contribution is -2.28. The second kappa shape index (κ2) is 6.06. The summed E-state index contributed by atoms with van der Waals surface area (Å²) in [7, 11) is 0. The van der Waals surface area contributed by atoms with Crippen molar-refractivity contribution >= 4 is 0 Å². The molecule has 0 saturated carbocycles. The number of hydrogen-bond donors (Lipinski definition) is 1. The molecule has 3 rings (SSSR count). The first kappa shape index (κ1) is 16.2. The Morgan fingerprint density at radius 1 is 1.17 bits per heavy atom. The zero-order valence-corrected chi connectivity index (χ0v) is 14.1. The summed E-state index contributed by atoms with van der Waals surface area (Å²) in [4.78, 5) is 2.27. The van der Waals surface area contributed by atoms with Gasteiger partial charge in [0.25, 0.3) is 0 Å². The van der Waals surface area contributed by atoms with Gasteiger partial charge in [-0.2, -0.15) is 0 Å². The molecule has 2 aromatic carbocycles. The first-order chi connectivity index (χ1) is 10.9. The first-order valence-corrected chi connectivity index (χ1v) is 8.21. The Morgan fingerprint density at radius 2 is 1.91 bits per heavy atom. The fraction of sp³-hybridized carbons (Fsp3) is 0.400. The van der Waals surface area contributed by atoms with Gasteiger partial charge in [-0.05, 0) is 28.2 Å². The molecule has 0 aromatic heterocycles. The number of rotatable bonds is 3. The highest BCUT2D eigenvalue weighted by atomic mass is 19.1. The topological polar surface area (TPSA) is 29.3 Å². The lowest BCUT2D eigenvalue weighted by Gasteiger charge is -2.25. The molecular formula is C20H25FN2. The van der Waals surface area contributed by atoms with Gasteiger partial charge in [0.1, 0.15) is 5.82 Å². The molecule has 0 fully saturated rings. The van der Waals surface area contributed by atoms with E-state index in [1.54, 1.807) is 6.07 Å². The molecule has 2 N–H and O–H groups in total. The van der Waals surface area contributed by atoms with E-state index in [0.717, 1.165) is 12.1 Å². The number of halogens is 1. The van der Waals surface area contributed by atoms with Crippen molar-refractivity contribution in [3.8, 4) is 0 Å². The summed E-state index contributed by atoms with van der Waals surface area (Å²) in [6.45, 7) is 8.63. The van der Waals surface area contributed by atoms with E-state index in [4.69, 9.17) is 5.73 Å². The van der Waals surface area contributed by atoms with Crippen LogP contribution >= 0.6 is 0 Å². The van der Waals surface area contributed by atoms with Crippen molar-refractivity contribution in [3.63, 3.8) is 0 Å². The SMILES string of the molecule is CC(C)(C)c1ccc2c(c1)C(CN)N(Cc1ccccc1F)C2. The third-order valence-electron chi connectivity index (χ3n) is 4.74. The van der Waals surface area contributed by atoms with E-state index in [1.807, 2.05) is 12.1 Å². The average Bonchev–Trinajstić information content (AvgIpc) is 2.85. The summed E-state index contributed by atoms with van der Waals surface area (Å²) in [6, 6.07) is 13.9. The molecule has 1 aliphatic heterocycles. The molecule has 2 aromatic rings. The van der Waals surface area contributed by atoms with Crippen LogP contribution in [0.5, 0.6) is 0 Å². The normalized spacial score (nSPS) is 18.2. The number of hydrogen-bond acceptors (Lipinski definition) is 2. The smallest absolute Gasteiger partial charge is 0.127 e. The standard InChI is InChI=1S/C20H25FN2/c1-20(2,3)16-9-8-14-12-23(19(11-22)17(14)10-16)13-15-6-4-5-7-18(15)21/h4-10,19H,11-13,22H2,1-3H3. The maximum atomic E-state index is 14.0. The molecule has 0 spiro atoms. The van der Waals surface area contributed by atoms with E-state index >= 15 is 0 Å². The van der Waals surface area contributed by atoms with Crippen molar-refractivity contribution in [3.05, 3.63) is 70.5 Å². The van der Waals surface area contributed by atoms with E-state index in [9.17, 15) is 4.39 Å². The van der Waals surface area contributed by atoms with Gasteiger partial charge in [0.05, 0.1) is 0 Å². The third-order valence-corrected chi connectivity index (χ3v) is 4.74. The largest absolute Gasteiger partial charge is 0.329 e. The molecule has 1 unspecified atom stereocenters. The van der Waals surface area contributed by atoms with Gasteiger partial charge in [0, 0.05) is 31.2 Å². The van der Waals surface area contributed by atoms with Gasteiger partial charge in [0.2, 0.25) is 0 Å². The van der Waals surface area contributed by atoms with Crippen LogP contribution in [-0.4, -0.2) is 11.4 Å². The van der Waals surface area contributed by atoms with E-state index in [1.165, 1.54) is 22.8 Å². The molecule has 0 saturated heterocycles. The zero-order valence-electron chi connectivity index (χ0n) is 14.1. The van der Waals surface area contributed by atoms with Crippen LogP contribution in [0.1, 0.15) is 49.1 Å². The maximum Gasteiger partial charge on any atom is 0.127 e. The quantitative estimate of drug-likeness (QED) is 0.923. The van der Waals surface area contributed by atoms with E-state index in [-0.39, 0.29) is 17.3 Å². The Labute approximate surface area is 138 Å². The fourth-order valence-corrected chi connectivity index (χ4v) is 3.33. The fourth-order valence-electron chi connectivity index (χ4n) is 3.33. The van der Waals surface area contributed by atoms with Gasteiger partial charge in [-0.1, -0.05) is 57.2 Å². The molecule has 122 valence electrons. The third kappa shape index (κ3) is 3.17. The summed E-state index contributed by atoms with van der Waals surface area (Å²) in [5.74, 6) is -0.144. The number of fused-ring (bicyclic) bond motifs is 1. The van der Waals surface area contributed by atoms with Crippen LogP contribution in [0.15, 0.2) is 42.5 Å². The Bertz CT molecular complexity index is 703. The molecule has 0 amide bonds. The zero-order chi connectivity index (χ0) is 16.6. The summed E-state index contributed by atoms with van der Waals surface area (Å²) in [5, 5.41) is 0. The van der Waals surface area contributed by atoms with E-state index in [2.05, 4.69) is 43.9 Å².